The Morgan fingerprint density at radius 2 is 1.76 bits per heavy atom. The molecule has 3 rings (SSSR count). The van der Waals surface area contributed by atoms with Crippen LogP contribution in [0.5, 0.6) is 0 Å². The van der Waals surface area contributed by atoms with Crippen molar-refractivity contribution in [3.8, 4) is 0 Å². The molecule has 2 N–H and O–H groups in total. The highest BCUT2D eigenvalue weighted by molar-refractivity contribution is 5.19. The van der Waals surface area contributed by atoms with E-state index in [0.717, 1.165) is 44.2 Å². The molecule has 1 aliphatic carbocycles. The van der Waals surface area contributed by atoms with Gasteiger partial charge in [0, 0.05) is 44.3 Å². The van der Waals surface area contributed by atoms with Gasteiger partial charge in [-0.2, -0.15) is 0 Å². The first-order valence-corrected chi connectivity index (χ1v) is 8.04. The highest BCUT2D eigenvalue weighted by Crippen LogP contribution is 2.29. The van der Waals surface area contributed by atoms with E-state index in [9.17, 15) is 4.39 Å². The summed E-state index contributed by atoms with van der Waals surface area (Å²) in [6, 6.07) is 7.69. The standard InChI is InChI=1S/C17H26FN3/c1-17(13-19,12-14-2-4-15(18)5-3-14)21-10-8-20(9-11-21)16-6-7-16/h2-5,16H,6-13,19H2,1H3. The minimum Gasteiger partial charge on any atom is -0.329 e. The van der Waals surface area contributed by atoms with Gasteiger partial charge >= 0.3 is 0 Å². The summed E-state index contributed by atoms with van der Waals surface area (Å²) in [6.07, 6.45) is 3.64. The third kappa shape index (κ3) is 3.44. The molecule has 1 saturated carbocycles. The maximum Gasteiger partial charge on any atom is 0.123 e. The lowest BCUT2D eigenvalue weighted by Gasteiger charge is -2.46. The van der Waals surface area contributed by atoms with Gasteiger partial charge in [0.05, 0.1) is 0 Å². The molecule has 2 aliphatic rings. The summed E-state index contributed by atoms with van der Waals surface area (Å²) in [7, 11) is 0. The van der Waals surface area contributed by atoms with Crippen molar-refractivity contribution in [2.75, 3.05) is 32.7 Å². The Morgan fingerprint density at radius 1 is 1.14 bits per heavy atom. The van der Waals surface area contributed by atoms with Gasteiger partial charge in [0.25, 0.3) is 0 Å². The Hall–Kier alpha value is -0.970. The zero-order valence-corrected chi connectivity index (χ0v) is 12.9. The van der Waals surface area contributed by atoms with Crippen molar-refractivity contribution in [2.24, 2.45) is 5.73 Å². The Bertz CT molecular complexity index is 463. The predicted molar refractivity (Wildman–Crippen MR) is 83.7 cm³/mol. The van der Waals surface area contributed by atoms with Crippen LogP contribution < -0.4 is 5.73 Å². The predicted octanol–water partition coefficient (Wildman–Crippen LogP) is 1.87. The fraction of sp³-hybridized carbons (Fsp3) is 0.647. The highest BCUT2D eigenvalue weighted by atomic mass is 19.1. The zero-order chi connectivity index (χ0) is 14.9. The summed E-state index contributed by atoms with van der Waals surface area (Å²) < 4.78 is 13.0. The number of piperazine rings is 1. The van der Waals surface area contributed by atoms with Gasteiger partial charge in [-0.05, 0) is 43.9 Å². The van der Waals surface area contributed by atoms with E-state index in [4.69, 9.17) is 5.73 Å². The molecule has 1 saturated heterocycles. The monoisotopic (exact) mass is 291 g/mol. The largest absolute Gasteiger partial charge is 0.329 e. The molecule has 1 aromatic carbocycles. The Labute approximate surface area is 126 Å². The molecular weight excluding hydrogens is 265 g/mol. The van der Waals surface area contributed by atoms with Gasteiger partial charge in [-0.25, -0.2) is 4.39 Å². The average molecular weight is 291 g/mol. The molecule has 2 fully saturated rings. The Balaban J connectivity index is 1.63. The van der Waals surface area contributed by atoms with Gasteiger partial charge in [-0.1, -0.05) is 12.1 Å². The van der Waals surface area contributed by atoms with E-state index in [-0.39, 0.29) is 11.4 Å². The number of nitrogens with two attached hydrogens (primary N) is 1. The lowest BCUT2D eigenvalue weighted by molar-refractivity contribution is 0.0435. The molecular formula is C17H26FN3. The van der Waals surface area contributed by atoms with E-state index in [1.807, 2.05) is 12.1 Å². The van der Waals surface area contributed by atoms with Crippen molar-refractivity contribution in [1.82, 2.24) is 9.80 Å². The third-order valence-corrected chi connectivity index (χ3v) is 5.08. The minimum atomic E-state index is -0.175. The van der Waals surface area contributed by atoms with E-state index in [0.29, 0.717) is 6.54 Å². The maximum absolute atomic E-state index is 13.0. The lowest BCUT2D eigenvalue weighted by atomic mass is 9.90. The van der Waals surface area contributed by atoms with Crippen LogP contribution in [0.15, 0.2) is 24.3 Å². The molecule has 1 unspecified atom stereocenters. The Morgan fingerprint density at radius 3 is 2.29 bits per heavy atom. The van der Waals surface area contributed by atoms with Gasteiger partial charge in [0.15, 0.2) is 0 Å². The second-order valence-corrected chi connectivity index (χ2v) is 6.76. The van der Waals surface area contributed by atoms with Gasteiger partial charge < -0.3 is 5.73 Å². The topological polar surface area (TPSA) is 32.5 Å². The van der Waals surface area contributed by atoms with Crippen molar-refractivity contribution < 1.29 is 4.39 Å². The van der Waals surface area contributed by atoms with E-state index in [1.165, 1.54) is 25.0 Å². The number of hydrogen-bond donors (Lipinski definition) is 1. The van der Waals surface area contributed by atoms with Crippen molar-refractivity contribution in [3.63, 3.8) is 0 Å². The first-order valence-electron chi connectivity index (χ1n) is 8.04. The molecule has 0 radical (unpaired) electrons. The highest BCUT2D eigenvalue weighted by Gasteiger charge is 2.36. The van der Waals surface area contributed by atoms with Crippen LogP contribution in [0.4, 0.5) is 4.39 Å². The summed E-state index contributed by atoms with van der Waals surface area (Å²) in [5.41, 5.74) is 7.22. The van der Waals surface area contributed by atoms with Crippen molar-refractivity contribution >= 4 is 0 Å². The third-order valence-electron chi connectivity index (χ3n) is 5.08. The SMILES string of the molecule is CC(CN)(Cc1ccc(F)cc1)N1CCN(C2CC2)CC1. The molecule has 1 aromatic rings. The average Bonchev–Trinajstić information content (AvgIpc) is 3.34. The quantitative estimate of drug-likeness (QED) is 0.899. The molecule has 3 nitrogen and oxygen atoms in total. The molecule has 21 heavy (non-hydrogen) atoms. The van der Waals surface area contributed by atoms with Gasteiger partial charge in [-0.3, -0.25) is 9.80 Å². The molecule has 0 aromatic heterocycles. The van der Waals surface area contributed by atoms with Crippen LogP contribution in [-0.2, 0) is 6.42 Å². The first kappa shape index (κ1) is 14.9. The van der Waals surface area contributed by atoms with Crippen molar-refractivity contribution in [2.45, 2.75) is 37.8 Å². The summed E-state index contributed by atoms with van der Waals surface area (Å²) in [5.74, 6) is -0.175. The molecule has 1 heterocycles. The fourth-order valence-corrected chi connectivity index (χ4v) is 3.42. The summed E-state index contributed by atoms with van der Waals surface area (Å²) in [6.45, 7) is 7.36. The van der Waals surface area contributed by atoms with Crippen LogP contribution in [0.3, 0.4) is 0 Å². The minimum absolute atomic E-state index is 0.0343. The van der Waals surface area contributed by atoms with Crippen LogP contribution in [0.25, 0.3) is 0 Å². The molecule has 0 spiro atoms. The Kier molecular flexibility index (Phi) is 4.29. The number of hydrogen-bond acceptors (Lipinski definition) is 3. The molecule has 4 heteroatoms. The molecule has 1 aliphatic heterocycles. The van der Waals surface area contributed by atoms with Crippen LogP contribution in [-0.4, -0.2) is 54.1 Å². The van der Waals surface area contributed by atoms with E-state index >= 15 is 0 Å². The van der Waals surface area contributed by atoms with Crippen LogP contribution in [0, 0.1) is 5.82 Å². The van der Waals surface area contributed by atoms with E-state index in [1.54, 1.807) is 0 Å². The van der Waals surface area contributed by atoms with Crippen LogP contribution >= 0.6 is 0 Å². The van der Waals surface area contributed by atoms with E-state index < -0.39 is 0 Å². The van der Waals surface area contributed by atoms with Crippen LogP contribution in [0.2, 0.25) is 0 Å². The van der Waals surface area contributed by atoms with Crippen molar-refractivity contribution in [1.29, 1.82) is 0 Å². The number of nitrogens with zero attached hydrogens (tertiary/aromatic N) is 2. The number of rotatable bonds is 5. The molecule has 0 bridgehead atoms. The second kappa shape index (κ2) is 6.03. The second-order valence-electron chi connectivity index (χ2n) is 6.76. The fourth-order valence-electron chi connectivity index (χ4n) is 3.42. The van der Waals surface area contributed by atoms with Gasteiger partial charge in [0.2, 0.25) is 0 Å². The van der Waals surface area contributed by atoms with Crippen LogP contribution in [0.1, 0.15) is 25.3 Å². The summed E-state index contributed by atoms with van der Waals surface area (Å²) in [4.78, 5) is 5.14. The normalized spacial score (nSPS) is 24.0. The molecule has 1 atom stereocenters. The van der Waals surface area contributed by atoms with Gasteiger partial charge in [-0.15, -0.1) is 0 Å². The smallest absolute Gasteiger partial charge is 0.123 e. The number of benzene rings is 1. The maximum atomic E-state index is 13.0. The van der Waals surface area contributed by atoms with Crippen molar-refractivity contribution in [3.05, 3.63) is 35.6 Å². The zero-order valence-electron chi connectivity index (χ0n) is 12.9. The lowest BCUT2D eigenvalue weighted by Crippen LogP contribution is -2.60. The van der Waals surface area contributed by atoms with Gasteiger partial charge in [0.1, 0.15) is 5.82 Å². The molecule has 116 valence electrons. The summed E-state index contributed by atoms with van der Waals surface area (Å²) >= 11 is 0. The van der Waals surface area contributed by atoms with E-state index in [2.05, 4.69) is 16.7 Å². The number of halogens is 1. The molecule has 0 amide bonds. The summed E-state index contributed by atoms with van der Waals surface area (Å²) in [5, 5.41) is 0. The first-order chi connectivity index (χ1) is 10.1.